The molecule has 9 heteroatoms. The topological polar surface area (TPSA) is 107 Å². The van der Waals surface area contributed by atoms with E-state index >= 15 is 0 Å². The molecule has 0 fully saturated rings. The molecular weight excluding hydrogens is 403 g/mol. The van der Waals surface area contributed by atoms with E-state index < -0.39 is 22.2 Å². The fraction of sp³-hybridized carbons (Fsp3) is 0.0455. The molecule has 0 saturated heterocycles. The molecule has 2 aromatic heterocycles. The molecule has 0 saturated carbocycles. The SMILES string of the molecule is O=C(Nc1ccc([N+](=O)[O-])cc1)c1cc2cccnc2n(Cc2ccccc2F)c1=O. The fourth-order valence-corrected chi connectivity index (χ4v) is 3.18. The lowest BCUT2D eigenvalue weighted by atomic mass is 10.1. The Morgan fingerprint density at radius 1 is 1.10 bits per heavy atom. The number of nitro benzene ring substituents is 1. The molecule has 4 rings (SSSR count). The van der Waals surface area contributed by atoms with Gasteiger partial charge in [-0.15, -0.1) is 0 Å². The van der Waals surface area contributed by atoms with Crippen molar-refractivity contribution in [3.05, 3.63) is 110 Å². The monoisotopic (exact) mass is 418 g/mol. The summed E-state index contributed by atoms with van der Waals surface area (Å²) in [5.74, 6) is -1.16. The molecule has 0 aliphatic heterocycles. The summed E-state index contributed by atoms with van der Waals surface area (Å²) in [5, 5.41) is 13.9. The first-order valence-corrected chi connectivity index (χ1v) is 9.22. The lowest BCUT2D eigenvalue weighted by molar-refractivity contribution is -0.384. The zero-order valence-electron chi connectivity index (χ0n) is 16.0. The van der Waals surface area contributed by atoms with E-state index in [0.717, 1.165) is 0 Å². The second-order valence-electron chi connectivity index (χ2n) is 6.72. The van der Waals surface area contributed by atoms with E-state index in [2.05, 4.69) is 10.3 Å². The Kier molecular flexibility index (Phi) is 5.23. The number of halogens is 1. The molecule has 0 spiro atoms. The quantitative estimate of drug-likeness (QED) is 0.392. The van der Waals surface area contributed by atoms with Gasteiger partial charge >= 0.3 is 0 Å². The van der Waals surface area contributed by atoms with Crippen molar-refractivity contribution >= 4 is 28.3 Å². The third kappa shape index (κ3) is 4.01. The molecule has 0 bridgehead atoms. The van der Waals surface area contributed by atoms with Crippen LogP contribution in [0.4, 0.5) is 15.8 Å². The number of non-ortho nitro benzene ring substituents is 1. The number of amides is 1. The number of carbonyl (C=O) groups is 1. The second-order valence-corrected chi connectivity index (χ2v) is 6.72. The highest BCUT2D eigenvalue weighted by Crippen LogP contribution is 2.18. The minimum Gasteiger partial charge on any atom is -0.322 e. The summed E-state index contributed by atoms with van der Waals surface area (Å²) in [6.45, 7) is -0.0995. The van der Waals surface area contributed by atoms with Crippen molar-refractivity contribution in [3.8, 4) is 0 Å². The Labute approximate surface area is 174 Å². The first-order valence-electron chi connectivity index (χ1n) is 9.22. The number of nitro groups is 1. The van der Waals surface area contributed by atoms with Gasteiger partial charge in [0.2, 0.25) is 0 Å². The number of carbonyl (C=O) groups excluding carboxylic acids is 1. The summed E-state index contributed by atoms with van der Waals surface area (Å²) >= 11 is 0. The van der Waals surface area contributed by atoms with Crippen LogP contribution in [0.25, 0.3) is 11.0 Å². The van der Waals surface area contributed by atoms with Crippen LogP contribution in [0.2, 0.25) is 0 Å². The summed E-state index contributed by atoms with van der Waals surface area (Å²) < 4.78 is 15.4. The second kappa shape index (κ2) is 8.15. The molecule has 1 amide bonds. The Balaban J connectivity index is 1.75. The highest BCUT2D eigenvalue weighted by molar-refractivity contribution is 6.05. The lowest BCUT2D eigenvalue weighted by Crippen LogP contribution is -2.30. The average molecular weight is 418 g/mol. The summed E-state index contributed by atoms with van der Waals surface area (Å²) in [6.07, 6.45) is 1.51. The summed E-state index contributed by atoms with van der Waals surface area (Å²) in [5.41, 5.74) is -0.0138. The highest BCUT2D eigenvalue weighted by atomic mass is 19.1. The minimum absolute atomic E-state index is 0.0995. The average Bonchev–Trinajstić information content (AvgIpc) is 2.77. The van der Waals surface area contributed by atoms with Crippen molar-refractivity contribution in [2.24, 2.45) is 0 Å². The molecule has 0 radical (unpaired) electrons. The predicted octanol–water partition coefficient (Wildman–Crippen LogP) is 3.74. The van der Waals surface area contributed by atoms with Gasteiger partial charge in [0, 0.05) is 35.0 Å². The number of pyridine rings is 2. The summed E-state index contributed by atoms with van der Waals surface area (Å²) in [6, 6.07) is 16.1. The van der Waals surface area contributed by atoms with Gasteiger partial charge in [-0.25, -0.2) is 9.37 Å². The van der Waals surface area contributed by atoms with Gasteiger partial charge in [0.1, 0.15) is 17.0 Å². The van der Waals surface area contributed by atoms with Crippen LogP contribution in [-0.2, 0) is 6.54 Å². The predicted molar refractivity (Wildman–Crippen MR) is 113 cm³/mol. The molecule has 0 aliphatic carbocycles. The number of nitrogens with zero attached hydrogens (tertiary/aromatic N) is 3. The number of rotatable bonds is 5. The lowest BCUT2D eigenvalue weighted by Gasteiger charge is -2.13. The van der Waals surface area contributed by atoms with Gasteiger partial charge in [-0.3, -0.25) is 24.3 Å². The van der Waals surface area contributed by atoms with Crippen LogP contribution in [0.3, 0.4) is 0 Å². The number of hydrogen-bond acceptors (Lipinski definition) is 5. The zero-order valence-corrected chi connectivity index (χ0v) is 16.0. The normalized spacial score (nSPS) is 10.7. The Morgan fingerprint density at radius 3 is 2.55 bits per heavy atom. The number of fused-ring (bicyclic) bond motifs is 1. The molecular formula is C22H15FN4O4. The maximum absolute atomic E-state index is 14.2. The zero-order chi connectivity index (χ0) is 22.0. The molecule has 8 nitrogen and oxygen atoms in total. The third-order valence-electron chi connectivity index (χ3n) is 4.71. The van der Waals surface area contributed by atoms with Crippen molar-refractivity contribution < 1.29 is 14.1 Å². The van der Waals surface area contributed by atoms with Crippen molar-refractivity contribution in [2.45, 2.75) is 6.54 Å². The first kappa shape index (κ1) is 19.9. The Morgan fingerprint density at radius 2 is 1.84 bits per heavy atom. The molecule has 0 unspecified atom stereocenters. The van der Waals surface area contributed by atoms with Crippen LogP contribution < -0.4 is 10.9 Å². The first-order chi connectivity index (χ1) is 14.9. The van der Waals surface area contributed by atoms with Crippen LogP contribution >= 0.6 is 0 Å². The van der Waals surface area contributed by atoms with Gasteiger partial charge in [0.15, 0.2) is 0 Å². The van der Waals surface area contributed by atoms with Crippen molar-refractivity contribution in [2.75, 3.05) is 5.32 Å². The Bertz CT molecular complexity index is 1370. The molecule has 4 aromatic rings. The van der Waals surface area contributed by atoms with E-state index in [-0.39, 0.29) is 23.4 Å². The standard InChI is InChI=1S/C22H15FN4O4/c23-19-6-2-1-4-15(19)13-26-20-14(5-3-11-24-20)12-18(22(26)29)21(28)25-16-7-9-17(10-8-16)27(30)31/h1-12H,13H2,(H,25,28). The van der Waals surface area contributed by atoms with E-state index in [9.17, 15) is 24.1 Å². The molecule has 2 aromatic carbocycles. The van der Waals surface area contributed by atoms with E-state index in [4.69, 9.17) is 0 Å². The van der Waals surface area contributed by atoms with E-state index in [1.54, 1.807) is 30.3 Å². The molecule has 0 aliphatic rings. The van der Waals surface area contributed by atoms with E-state index in [0.29, 0.717) is 16.7 Å². The van der Waals surface area contributed by atoms with E-state index in [1.807, 2.05) is 0 Å². The fourth-order valence-electron chi connectivity index (χ4n) is 3.18. The Hall–Kier alpha value is -4.40. The number of aromatic nitrogens is 2. The van der Waals surface area contributed by atoms with E-state index in [1.165, 1.54) is 47.2 Å². The highest BCUT2D eigenvalue weighted by Gasteiger charge is 2.18. The van der Waals surface area contributed by atoms with Crippen LogP contribution in [0.1, 0.15) is 15.9 Å². The van der Waals surface area contributed by atoms with Gasteiger partial charge in [0.25, 0.3) is 17.2 Å². The third-order valence-corrected chi connectivity index (χ3v) is 4.71. The smallest absolute Gasteiger partial charge is 0.269 e. The van der Waals surface area contributed by atoms with Crippen LogP contribution in [0.5, 0.6) is 0 Å². The van der Waals surface area contributed by atoms with Gasteiger partial charge in [0.05, 0.1) is 11.5 Å². The van der Waals surface area contributed by atoms with Crippen LogP contribution in [0.15, 0.2) is 77.7 Å². The van der Waals surface area contributed by atoms with Crippen molar-refractivity contribution in [1.82, 2.24) is 9.55 Å². The molecule has 1 N–H and O–H groups in total. The van der Waals surface area contributed by atoms with Gasteiger partial charge < -0.3 is 5.32 Å². The number of nitrogens with one attached hydrogen (secondary N) is 1. The minimum atomic E-state index is -0.688. The van der Waals surface area contributed by atoms with Crippen LogP contribution in [0, 0.1) is 15.9 Å². The molecule has 31 heavy (non-hydrogen) atoms. The van der Waals surface area contributed by atoms with Crippen molar-refractivity contribution in [3.63, 3.8) is 0 Å². The van der Waals surface area contributed by atoms with Gasteiger partial charge in [-0.05, 0) is 36.4 Å². The summed E-state index contributed by atoms with van der Waals surface area (Å²) in [7, 11) is 0. The van der Waals surface area contributed by atoms with Gasteiger partial charge in [-0.1, -0.05) is 18.2 Å². The number of benzene rings is 2. The molecule has 154 valence electrons. The van der Waals surface area contributed by atoms with Crippen LogP contribution in [-0.4, -0.2) is 20.4 Å². The van der Waals surface area contributed by atoms with Crippen molar-refractivity contribution in [1.29, 1.82) is 0 Å². The number of hydrogen-bond donors (Lipinski definition) is 1. The number of anilines is 1. The summed E-state index contributed by atoms with van der Waals surface area (Å²) in [4.78, 5) is 40.4. The molecule has 0 atom stereocenters. The largest absolute Gasteiger partial charge is 0.322 e. The maximum Gasteiger partial charge on any atom is 0.269 e. The molecule has 2 heterocycles. The maximum atomic E-state index is 14.2. The van der Waals surface area contributed by atoms with Gasteiger partial charge in [-0.2, -0.15) is 0 Å².